The topological polar surface area (TPSA) is 57.9 Å². The summed E-state index contributed by atoms with van der Waals surface area (Å²) < 4.78 is 62.7. The Bertz CT molecular complexity index is 803. The number of halogens is 3. The highest BCUT2D eigenvalue weighted by Gasteiger charge is 2.43. The molecule has 3 nitrogen and oxygen atoms in total. The highest BCUT2D eigenvalue weighted by molar-refractivity contribution is 7.93. The number of rotatable bonds is 1. The first-order chi connectivity index (χ1) is 10.2. The number of fused-ring (bicyclic) bond motifs is 2. The van der Waals surface area contributed by atoms with E-state index in [1.165, 1.54) is 6.08 Å². The lowest BCUT2D eigenvalue weighted by atomic mass is 9.94. The predicted molar refractivity (Wildman–Crippen MR) is 74.5 cm³/mol. The lowest BCUT2D eigenvalue weighted by Crippen LogP contribution is -2.26. The molecule has 22 heavy (non-hydrogen) atoms. The molecule has 0 spiro atoms. The third-order valence-corrected chi connectivity index (χ3v) is 6.86. The molecule has 116 valence electrons. The second-order valence-corrected chi connectivity index (χ2v) is 8.04. The first-order valence-corrected chi connectivity index (χ1v) is 8.39. The fraction of sp³-hybridized carbons (Fsp3) is 0.400. The Kier molecular flexibility index (Phi) is 3.33. The molecule has 3 rings (SSSR count). The first kappa shape index (κ1) is 15.1. The van der Waals surface area contributed by atoms with Crippen LogP contribution in [0.25, 0.3) is 5.57 Å². The minimum Gasteiger partial charge on any atom is -0.228 e. The van der Waals surface area contributed by atoms with Crippen molar-refractivity contribution in [1.82, 2.24) is 0 Å². The molecule has 2 unspecified atom stereocenters. The number of benzene rings is 1. The van der Waals surface area contributed by atoms with Crippen LogP contribution in [-0.2, 0) is 16.0 Å². The van der Waals surface area contributed by atoms with Gasteiger partial charge in [-0.25, -0.2) is 8.42 Å². The van der Waals surface area contributed by atoms with E-state index in [-0.39, 0.29) is 17.5 Å². The third-order valence-electron chi connectivity index (χ3n) is 4.31. The van der Waals surface area contributed by atoms with Crippen molar-refractivity contribution < 1.29 is 21.6 Å². The van der Waals surface area contributed by atoms with Gasteiger partial charge in [0.05, 0.1) is 27.7 Å². The molecule has 2 aliphatic heterocycles. The normalized spacial score (nSPS) is 26.4. The zero-order chi connectivity index (χ0) is 16.1. The van der Waals surface area contributed by atoms with E-state index in [2.05, 4.69) is 0 Å². The van der Waals surface area contributed by atoms with E-state index in [0.717, 1.165) is 18.2 Å². The van der Waals surface area contributed by atoms with Crippen molar-refractivity contribution >= 4 is 15.4 Å². The highest BCUT2D eigenvalue weighted by atomic mass is 32.2. The molecule has 0 radical (unpaired) electrons. The molecule has 1 aromatic rings. The van der Waals surface area contributed by atoms with Crippen LogP contribution in [0.5, 0.6) is 0 Å². The fourth-order valence-corrected chi connectivity index (χ4v) is 5.33. The molecule has 7 heteroatoms. The van der Waals surface area contributed by atoms with Crippen LogP contribution in [0.15, 0.2) is 24.3 Å². The molecule has 0 N–H and O–H groups in total. The molecule has 1 saturated heterocycles. The van der Waals surface area contributed by atoms with E-state index >= 15 is 0 Å². The van der Waals surface area contributed by atoms with Gasteiger partial charge in [-0.05, 0) is 48.6 Å². The number of hydrogen-bond acceptors (Lipinski definition) is 3. The van der Waals surface area contributed by atoms with Crippen molar-refractivity contribution in [2.75, 3.05) is 0 Å². The number of sulfone groups is 1. The van der Waals surface area contributed by atoms with Crippen LogP contribution in [0.4, 0.5) is 13.2 Å². The van der Waals surface area contributed by atoms with Crippen LogP contribution in [0, 0.1) is 11.3 Å². The minimum absolute atomic E-state index is 0.137. The summed E-state index contributed by atoms with van der Waals surface area (Å²) in [5.41, 5.74) is 0.0372. The number of hydrogen-bond donors (Lipinski definition) is 0. The van der Waals surface area contributed by atoms with E-state index < -0.39 is 32.1 Å². The van der Waals surface area contributed by atoms with Crippen molar-refractivity contribution in [1.29, 1.82) is 5.26 Å². The van der Waals surface area contributed by atoms with Gasteiger partial charge in [0.2, 0.25) is 0 Å². The van der Waals surface area contributed by atoms with Gasteiger partial charge >= 0.3 is 6.18 Å². The van der Waals surface area contributed by atoms with Crippen LogP contribution >= 0.6 is 0 Å². The van der Waals surface area contributed by atoms with Crippen molar-refractivity contribution in [2.45, 2.75) is 35.9 Å². The number of alkyl halides is 3. The van der Waals surface area contributed by atoms with E-state index in [0.29, 0.717) is 18.4 Å². The molecular formula is C15H12F3NO2S. The van der Waals surface area contributed by atoms with Crippen molar-refractivity contribution in [3.63, 3.8) is 0 Å². The van der Waals surface area contributed by atoms with E-state index in [9.17, 15) is 21.6 Å². The van der Waals surface area contributed by atoms with Crippen LogP contribution < -0.4 is 0 Å². The maximum absolute atomic E-state index is 12.9. The van der Waals surface area contributed by atoms with Gasteiger partial charge in [0.25, 0.3) is 0 Å². The molecule has 1 fully saturated rings. The number of nitriles is 1. The zero-order valence-corrected chi connectivity index (χ0v) is 12.2. The van der Waals surface area contributed by atoms with Crippen molar-refractivity contribution in [3.8, 4) is 6.07 Å². The quantitative estimate of drug-likeness (QED) is 0.795. The average molecular weight is 327 g/mol. The standard InChI is InChI=1S/C15H12F3NO2S/c16-15(17,18)11-2-1-9(8-19)14(7-11)10-5-12-3-4-13(6-10)22(12,20)21/h1-2,5,7,12-13H,3-4,6H2. The van der Waals surface area contributed by atoms with Gasteiger partial charge in [-0.2, -0.15) is 18.4 Å². The molecule has 2 bridgehead atoms. The summed E-state index contributed by atoms with van der Waals surface area (Å²) in [7, 11) is -3.21. The highest BCUT2D eigenvalue weighted by Crippen LogP contribution is 2.42. The molecule has 0 aromatic heterocycles. The first-order valence-electron chi connectivity index (χ1n) is 6.78. The molecule has 1 aromatic carbocycles. The maximum Gasteiger partial charge on any atom is 0.416 e. The summed E-state index contributed by atoms with van der Waals surface area (Å²) in [5, 5.41) is 7.94. The average Bonchev–Trinajstić information content (AvgIpc) is 2.66. The molecule has 0 aliphatic carbocycles. The minimum atomic E-state index is -4.50. The summed E-state index contributed by atoms with van der Waals surface area (Å²) >= 11 is 0. The van der Waals surface area contributed by atoms with Gasteiger partial charge in [-0.1, -0.05) is 6.08 Å². The van der Waals surface area contributed by atoms with Crippen molar-refractivity contribution in [3.05, 3.63) is 41.0 Å². The molecule has 0 amide bonds. The van der Waals surface area contributed by atoms with Crippen LogP contribution in [0.1, 0.15) is 36.0 Å². The summed E-state index contributed by atoms with van der Waals surface area (Å²) in [6.07, 6.45) is -1.78. The smallest absolute Gasteiger partial charge is 0.228 e. The van der Waals surface area contributed by atoms with Gasteiger partial charge in [0.15, 0.2) is 9.84 Å². The summed E-state index contributed by atoms with van der Waals surface area (Å²) in [4.78, 5) is 0. The number of nitrogens with zero attached hydrogens (tertiary/aromatic N) is 1. The monoisotopic (exact) mass is 327 g/mol. The van der Waals surface area contributed by atoms with Crippen LogP contribution in [-0.4, -0.2) is 18.9 Å². The molecule has 0 saturated carbocycles. The number of allylic oxidation sites excluding steroid dienone is 1. The van der Waals surface area contributed by atoms with Crippen LogP contribution in [0.3, 0.4) is 0 Å². The van der Waals surface area contributed by atoms with Crippen molar-refractivity contribution in [2.24, 2.45) is 0 Å². The van der Waals surface area contributed by atoms with E-state index in [1.54, 1.807) is 0 Å². The fourth-order valence-electron chi connectivity index (χ4n) is 3.14. The molecule has 2 heterocycles. The summed E-state index contributed by atoms with van der Waals surface area (Å²) in [6.45, 7) is 0. The van der Waals surface area contributed by atoms with E-state index in [1.807, 2.05) is 6.07 Å². The molecule has 2 aliphatic rings. The lowest BCUT2D eigenvalue weighted by Gasteiger charge is -2.21. The van der Waals surface area contributed by atoms with Gasteiger partial charge in [0.1, 0.15) is 0 Å². The maximum atomic E-state index is 12.9. The summed E-state index contributed by atoms with van der Waals surface area (Å²) in [5.74, 6) is 0. The summed E-state index contributed by atoms with van der Waals surface area (Å²) in [6, 6.07) is 4.85. The lowest BCUT2D eigenvalue weighted by molar-refractivity contribution is -0.137. The second-order valence-electron chi connectivity index (χ2n) is 5.59. The Balaban J connectivity index is 2.11. The van der Waals surface area contributed by atoms with Gasteiger partial charge in [-0.3, -0.25) is 0 Å². The van der Waals surface area contributed by atoms with Crippen LogP contribution in [0.2, 0.25) is 0 Å². The zero-order valence-electron chi connectivity index (χ0n) is 11.4. The van der Waals surface area contributed by atoms with E-state index in [4.69, 9.17) is 5.26 Å². The van der Waals surface area contributed by atoms with Gasteiger partial charge < -0.3 is 0 Å². The Hall–Kier alpha value is -1.81. The Morgan fingerprint density at radius 1 is 1.23 bits per heavy atom. The Morgan fingerprint density at radius 2 is 1.95 bits per heavy atom. The molecular weight excluding hydrogens is 315 g/mol. The second kappa shape index (κ2) is 4.85. The Morgan fingerprint density at radius 3 is 2.55 bits per heavy atom. The largest absolute Gasteiger partial charge is 0.416 e. The third kappa shape index (κ3) is 2.31. The molecule has 2 atom stereocenters. The van der Waals surface area contributed by atoms with Gasteiger partial charge in [0, 0.05) is 0 Å². The van der Waals surface area contributed by atoms with Gasteiger partial charge in [-0.15, -0.1) is 0 Å². The Labute approximate surface area is 126 Å². The SMILES string of the molecule is N#Cc1ccc(C(F)(F)F)cc1C1=CC2CCC(C1)S2(=O)=O. The predicted octanol–water partition coefficient (Wildman–Crippen LogP) is 3.31.